The maximum atomic E-state index is 13.2. The Hall–Kier alpha value is -2.66. The first-order chi connectivity index (χ1) is 13.2. The first kappa shape index (κ1) is 17.7. The fourth-order valence-corrected chi connectivity index (χ4v) is 4.22. The number of hydrogen-bond acceptors (Lipinski definition) is 2. The molecule has 1 N–H and O–H groups in total. The summed E-state index contributed by atoms with van der Waals surface area (Å²) >= 11 is 1.67. The lowest BCUT2D eigenvalue weighted by Crippen LogP contribution is -2.37. The minimum absolute atomic E-state index is 0.0242. The molecule has 27 heavy (non-hydrogen) atoms. The Balaban J connectivity index is 1.70. The summed E-state index contributed by atoms with van der Waals surface area (Å²) < 4.78 is 2.21. The van der Waals surface area contributed by atoms with Crippen molar-refractivity contribution in [2.24, 2.45) is 0 Å². The fraction of sp³-hybridized carbons (Fsp3) is 0.227. The molecule has 0 spiro atoms. The molecule has 0 fully saturated rings. The van der Waals surface area contributed by atoms with Gasteiger partial charge in [0.05, 0.1) is 18.3 Å². The Morgan fingerprint density at radius 2 is 2.00 bits per heavy atom. The Morgan fingerprint density at radius 1 is 1.15 bits per heavy atom. The van der Waals surface area contributed by atoms with Crippen molar-refractivity contribution in [3.8, 4) is 5.69 Å². The Morgan fingerprint density at radius 3 is 2.81 bits per heavy atom. The Kier molecular flexibility index (Phi) is 4.94. The van der Waals surface area contributed by atoms with E-state index in [0.29, 0.717) is 6.54 Å². The number of aromatic nitrogens is 1. The van der Waals surface area contributed by atoms with E-state index in [-0.39, 0.29) is 12.1 Å². The summed E-state index contributed by atoms with van der Waals surface area (Å²) in [6, 6.07) is 20.4. The molecule has 1 aromatic heterocycles. The van der Waals surface area contributed by atoms with E-state index >= 15 is 0 Å². The number of benzene rings is 2. The van der Waals surface area contributed by atoms with Crippen molar-refractivity contribution in [2.75, 3.05) is 11.6 Å². The van der Waals surface area contributed by atoms with Crippen LogP contribution in [0.4, 0.5) is 10.5 Å². The van der Waals surface area contributed by atoms with Crippen LogP contribution >= 0.6 is 11.8 Å². The van der Waals surface area contributed by atoms with E-state index in [2.05, 4.69) is 47.3 Å². The summed E-state index contributed by atoms with van der Waals surface area (Å²) in [5.41, 5.74) is 4.28. The highest BCUT2D eigenvalue weighted by atomic mass is 32.2. The molecule has 0 radical (unpaired) electrons. The zero-order valence-corrected chi connectivity index (χ0v) is 16.4. The number of carbonyl (C=O) groups excluding carboxylic acids is 1. The van der Waals surface area contributed by atoms with Crippen LogP contribution in [0.2, 0.25) is 0 Å². The molecule has 0 saturated carbocycles. The molecule has 2 amide bonds. The van der Waals surface area contributed by atoms with Crippen LogP contribution < -0.4 is 5.32 Å². The minimum Gasteiger partial charge on any atom is -0.318 e. The van der Waals surface area contributed by atoms with Crippen LogP contribution in [-0.2, 0) is 6.54 Å². The van der Waals surface area contributed by atoms with Gasteiger partial charge < -0.3 is 14.8 Å². The molecule has 2 heterocycles. The van der Waals surface area contributed by atoms with Gasteiger partial charge in [-0.3, -0.25) is 0 Å². The van der Waals surface area contributed by atoms with Gasteiger partial charge in [0, 0.05) is 22.5 Å². The monoisotopic (exact) mass is 377 g/mol. The zero-order valence-electron chi connectivity index (χ0n) is 15.6. The van der Waals surface area contributed by atoms with E-state index in [4.69, 9.17) is 0 Å². The van der Waals surface area contributed by atoms with Crippen molar-refractivity contribution in [2.45, 2.75) is 30.8 Å². The van der Waals surface area contributed by atoms with E-state index in [1.54, 1.807) is 11.8 Å². The lowest BCUT2D eigenvalue weighted by atomic mass is 10.1. The van der Waals surface area contributed by atoms with Gasteiger partial charge in [-0.15, -0.1) is 11.8 Å². The first-order valence-corrected chi connectivity index (χ1v) is 10.4. The van der Waals surface area contributed by atoms with Crippen molar-refractivity contribution < 1.29 is 4.79 Å². The van der Waals surface area contributed by atoms with Gasteiger partial charge in [0.2, 0.25) is 0 Å². The second-order valence-corrected chi connectivity index (χ2v) is 7.53. The summed E-state index contributed by atoms with van der Waals surface area (Å²) in [6.07, 6.45) is 4.98. The standard InChI is InChI=1S/C22H23N3OS/c1-3-19-21-12-7-13-24(21)20-11-5-4-8-16(20)15-25(19)22(26)23-17-9-6-10-18(14-17)27-2/h4-14,19H,3,15H2,1-2H3,(H,23,26)/t19-/m0/s1. The predicted molar refractivity (Wildman–Crippen MR) is 112 cm³/mol. The van der Waals surface area contributed by atoms with Gasteiger partial charge in [0.15, 0.2) is 0 Å². The molecule has 138 valence electrons. The van der Waals surface area contributed by atoms with E-state index in [1.165, 1.54) is 0 Å². The number of nitrogens with one attached hydrogen (secondary N) is 1. The average molecular weight is 378 g/mol. The van der Waals surface area contributed by atoms with Crippen LogP contribution in [0, 0.1) is 0 Å². The lowest BCUT2D eigenvalue weighted by Gasteiger charge is -2.29. The maximum Gasteiger partial charge on any atom is 0.322 e. The zero-order chi connectivity index (χ0) is 18.8. The quantitative estimate of drug-likeness (QED) is 0.595. The minimum atomic E-state index is -0.0652. The van der Waals surface area contributed by atoms with Gasteiger partial charge in [-0.1, -0.05) is 31.2 Å². The summed E-state index contributed by atoms with van der Waals surface area (Å²) in [6.45, 7) is 2.72. The number of para-hydroxylation sites is 1. The SMILES string of the molecule is CC[C@H]1c2cccn2-c2ccccc2CN1C(=O)Nc1cccc(SC)c1. The summed E-state index contributed by atoms with van der Waals surface area (Å²) in [7, 11) is 0. The molecule has 5 heteroatoms. The van der Waals surface area contributed by atoms with Crippen LogP contribution in [0.1, 0.15) is 30.6 Å². The summed E-state index contributed by atoms with van der Waals surface area (Å²) in [4.78, 5) is 16.3. The highest BCUT2D eigenvalue weighted by Crippen LogP contribution is 2.34. The number of thioether (sulfide) groups is 1. The number of carbonyl (C=O) groups is 1. The van der Waals surface area contributed by atoms with Crippen molar-refractivity contribution >= 4 is 23.5 Å². The van der Waals surface area contributed by atoms with Gasteiger partial charge in [-0.25, -0.2) is 4.79 Å². The van der Waals surface area contributed by atoms with Crippen molar-refractivity contribution in [1.82, 2.24) is 9.47 Å². The molecular weight excluding hydrogens is 354 g/mol. The second kappa shape index (κ2) is 7.53. The van der Waals surface area contributed by atoms with E-state index in [0.717, 1.165) is 33.9 Å². The third kappa shape index (κ3) is 3.35. The van der Waals surface area contributed by atoms with E-state index < -0.39 is 0 Å². The number of amides is 2. The Labute approximate surface area is 164 Å². The number of hydrogen-bond donors (Lipinski definition) is 1. The molecule has 0 aliphatic carbocycles. The summed E-state index contributed by atoms with van der Waals surface area (Å²) in [5, 5.41) is 3.10. The largest absolute Gasteiger partial charge is 0.322 e. The molecule has 0 saturated heterocycles. The number of anilines is 1. The smallest absolute Gasteiger partial charge is 0.318 e. The van der Waals surface area contributed by atoms with E-state index in [9.17, 15) is 4.79 Å². The van der Waals surface area contributed by atoms with Gasteiger partial charge >= 0.3 is 6.03 Å². The van der Waals surface area contributed by atoms with E-state index in [1.807, 2.05) is 47.6 Å². The molecule has 0 unspecified atom stereocenters. The molecule has 0 bridgehead atoms. The predicted octanol–water partition coefficient (Wildman–Crippen LogP) is 5.70. The number of nitrogens with zero attached hydrogens (tertiary/aromatic N) is 2. The molecule has 3 aromatic rings. The van der Waals surface area contributed by atoms with Crippen LogP contribution in [-0.4, -0.2) is 21.8 Å². The van der Waals surface area contributed by atoms with Gasteiger partial charge in [0.1, 0.15) is 0 Å². The topological polar surface area (TPSA) is 37.3 Å². The van der Waals surface area contributed by atoms with Crippen molar-refractivity contribution in [3.63, 3.8) is 0 Å². The molecule has 2 aromatic carbocycles. The molecule has 1 aliphatic rings. The number of fused-ring (bicyclic) bond motifs is 3. The third-order valence-electron chi connectivity index (χ3n) is 5.06. The summed E-state index contributed by atoms with van der Waals surface area (Å²) in [5.74, 6) is 0. The van der Waals surface area contributed by atoms with Gasteiger partial charge in [-0.05, 0) is 54.6 Å². The highest BCUT2D eigenvalue weighted by molar-refractivity contribution is 7.98. The lowest BCUT2D eigenvalue weighted by molar-refractivity contribution is 0.181. The number of urea groups is 1. The average Bonchev–Trinajstić information content (AvgIpc) is 3.12. The third-order valence-corrected chi connectivity index (χ3v) is 5.78. The van der Waals surface area contributed by atoms with Gasteiger partial charge in [0.25, 0.3) is 0 Å². The first-order valence-electron chi connectivity index (χ1n) is 9.18. The molecule has 4 nitrogen and oxygen atoms in total. The maximum absolute atomic E-state index is 13.2. The van der Waals surface area contributed by atoms with Gasteiger partial charge in [-0.2, -0.15) is 0 Å². The highest BCUT2D eigenvalue weighted by Gasteiger charge is 2.30. The molecular formula is C22H23N3OS. The molecule has 1 atom stereocenters. The van der Waals surface area contributed by atoms with Crippen LogP contribution in [0.15, 0.2) is 71.8 Å². The fourth-order valence-electron chi connectivity index (χ4n) is 3.76. The van der Waals surface area contributed by atoms with Crippen LogP contribution in [0.25, 0.3) is 5.69 Å². The van der Waals surface area contributed by atoms with Crippen LogP contribution in [0.3, 0.4) is 0 Å². The van der Waals surface area contributed by atoms with Crippen molar-refractivity contribution in [3.05, 3.63) is 78.1 Å². The number of rotatable bonds is 3. The molecule has 1 aliphatic heterocycles. The van der Waals surface area contributed by atoms with Crippen molar-refractivity contribution in [1.29, 1.82) is 0 Å². The van der Waals surface area contributed by atoms with Crippen LogP contribution in [0.5, 0.6) is 0 Å². The Bertz CT molecular complexity index is 965. The molecule has 4 rings (SSSR count). The normalized spacial score (nSPS) is 15.6. The second-order valence-electron chi connectivity index (χ2n) is 6.65.